The Morgan fingerprint density at radius 1 is 1.57 bits per heavy atom. The fraction of sp³-hybridized carbons (Fsp3) is 0.615. The van der Waals surface area contributed by atoms with Crippen molar-refractivity contribution < 1.29 is 4.79 Å². The summed E-state index contributed by atoms with van der Waals surface area (Å²) in [6.07, 6.45) is 9.24. The fourth-order valence-corrected chi connectivity index (χ4v) is 2.85. The normalized spacial score (nSPS) is 36.6. The molecule has 76 valence electrons. The molecule has 2 atom stereocenters. The van der Waals surface area contributed by atoms with E-state index >= 15 is 0 Å². The molecule has 0 amide bonds. The molecule has 0 heterocycles. The molecule has 0 aromatic rings. The molecule has 0 aliphatic heterocycles. The van der Waals surface area contributed by atoms with Crippen molar-refractivity contribution in [3.8, 4) is 0 Å². The summed E-state index contributed by atoms with van der Waals surface area (Å²) in [6, 6.07) is 0. The Labute approximate surface area is 85.9 Å². The number of hydrogen-bond donors (Lipinski definition) is 0. The van der Waals surface area contributed by atoms with Crippen LogP contribution in [0.1, 0.15) is 39.0 Å². The molecule has 1 spiro atoms. The van der Waals surface area contributed by atoms with Crippen LogP contribution in [0.3, 0.4) is 0 Å². The lowest BCUT2D eigenvalue weighted by Crippen LogP contribution is -2.29. The van der Waals surface area contributed by atoms with Crippen LogP contribution in [0.25, 0.3) is 0 Å². The summed E-state index contributed by atoms with van der Waals surface area (Å²) in [4.78, 5) is 11.9. The Bertz CT molecular complexity index is 300. The summed E-state index contributed by atoms with van der Waals surface area (Å²) in [5, 5.41) is 0. The zero-order valence-electron chi connectivity index (χ0n) is 8.88. The van der Waals surface area contributed by atoms with Crippen LogP contribution in [-0.4, -0.2) is 5.78 Å². The zero-order chi connectivity index (χ0) is 10.2. The van der Waals surface area contributed by atoms with Gasteiger partial charge in [0.05, 0.1) is 0 Å². The average Bonchev–Trinajstić information content (AvgIpc) is 2.56. The molecular weight excluding hydrogens is 172 g/mol. The van der Waals surface area contributed by atoms with Crippen molar-refractivity contribution in [2.24, 2.45) is 11.3 Å². The minimum atomic E-state index is -0.00162. The van der Waals surface area contributed by atoms with Gasteiger partial charge < -0.3 is 0 Å². The molecule has 0 aromatic carbocycles. The second-order valence-corrected chi connectivity index (χ2v) is 4.87. The molecule has 1 saturated carbocycles. The lowest BCUT2D eigenvalue weighted by atomic mass is 9.74. The number of carbonyl (C=O) groups is 1. The standard InChI is InChI=1S/C13H18O/c1-10(2)11-6-8-13(9-11)7-4-3-5-12(13)14/h3,5,11H,1,4,6-9H2,2H3/t11-,13+/m1/s1. The predicted molar refractivity (Wildman–Crippen MR) is 58.0 cm³/mol. The quantitative estimate of drug-likeness (QED) is 0.580. The molecule has 2 rings (SSSR count). The van der Waals surface area contributed by atoms with Crippen molar-refractivity contribution in [3.05, 3.63) is 24.3 Å². The SMILES string of the molecule is C=C(C)[C@@H]1CC[C@@]2(CCC=CC2=O)C1. The van der Waals surface area contributed by atoms with Crippen molar-refractivity contribution >= 4 is 5.78 Å². The topological polar surface area (TPSA) is 17.1 Å². The Kier molecular flexibility index (Phi) is 2.34. The Morgan fingerprint density at radius 2 is 2.36 bits per heavy atom. The van der Waals surface area contributed by atoms with Crippen LogP contribution in [0.4, 0.5) is 0 Å². The molecule has 1 heteroatoms. The summed E-state index contributed by atoms with van der Waals surface area (Å²) in [6.45, 7) is 6.10. The maximum absolute atomic E-state index is 11.9. The highest BCUT2D eigenvalue weighted by Gasteiger charge is 2.44. The average molecular weight is 190 g/mol. The van der Waals surface area contributed by atoms with Gasteiger partial charge in [-0.3, -0.25) is 4.79 Å². The molecule has 2 aliphatic rings. The van der Waals surface area contributed by atoms with Crippen LogP contribution >= 0.6 is 0 Å². The van der Waals surface area contributed by atoms with E-state index in [9.17, 15) is 4.79 Å². The van der Waals surface area contributed by atoms with Crippen molar-refractivity contribution in [2.45, 2.75) is 39.0 Å². The Morgan fingerprint density at radius 3 is 2.93 bits per heavy atom. The highest BCUT2D eigenvalue weighted by Crippen LogP contribution is 2.49. The van der Waals surface area contributed by atoms with Gasteiger partial charge in [-0.05, 0) is 51.0 Å². The summed E-state index contributed by atoms with van der Waals surface area (Å²) >= 11 is 0. The summed E-state index contributed by atoms with van der Waals surface area (Å²) in [5.74, 6) is 0.956. The zero-order valence-corrected chi connectivity index (χ0v) is 8.88. The molecule has 2 aliphatic carbocycles. The molecule has 0 bridgehead atoms. The molecule has 14 heavy (non-hydrogen) atoms. The Hall–Kier alpha value is -0.850. The summed E-state index contributed by atoms with van der Waals surface area (Å²) in [7, 11) is 0. The van der Waals surface area contributed by atoms with Crippen LogP contribution < -0.4 is 0 Å². The van der Waals surface area contributed by atoms with Gasteiger partial charge in [0.15, 0.2) is 5.78 Å². The van der Waals surface area contributed by atoms with E-state index in [0.29, 0.717) is 11.7 Å². The van der Waals surface area contributed by atoms with E-state index in [-0.39, 0.29) is 5.41 Å². The van der Waals surface area contributed by atoms with Gasteiger partial charge in [0.25, 0.3) is 0 Å². The molecule has 0 radical (unpaired) electrons. The predicted octanol–water partition coefficient (Wildman–Crippen LogP) is 3.27. The number of carbonyl (C=O) groups excluding carboxylic acids is 1. The van der Waals surface area contributed by atoms with Gasteiger partial charge in [0.1, 0.15) is 0 Å². The van der Waals surface area contributed by atoms with Gasteiger partial charge in [0, 0.05) is 5.41 Å². The van der Waals surface area contributed by atoms with Gasteiger partial charge in [-0.25, -0.2) is 0 Å². The van der Waals surface area contributed by atoms with E-state index in [2.05, 4.69) is 13.5 Å². The van der Waals surface area contributed by atoms with Gasteiger partial charge in [-0.2, -0.15) is 0 Å². The van der Waals surface area contributed by atoms with Gasteiger partial charge in [-0.1, -0.05) is 18.2 Å². The van der Waals surface area contributed by atoms with E-state index < -0.39 is 0 Å². The fourth-order valence-electron chi connectivity index (χ4n) is 2.85. The molecule has 1 fully saturated rings. The summed E-state index contributed by atoms with van der Waals surface area (Å²) < 4.78 is 0. The maximum Gasteiger partial charge on any atom is 0.161 e. The molecule has 0 saturated heterocycles. The monoisotopic (exact) mass is 190 g/mol. The second kappa shape index (κ2) is 3.38. The van der Waals surface area contributed by atoms with Crippen LogP contribution in [0, 0.1) is 11.3 Å². The largest absolute Gasteiger partial charge is 0.294 e. The lowest BCUT2D eigenvalue weighted by molar-refractivity contribution is -0.124. The van der Waals surface area contributed by atoms with Crippen LogP contribution in [-0.2, 0) is 4.79 Å². The number of allylic oxidation sites excluding steroid dienone is 3. The highest BCUT2D eigenvalue weighted by atomic mass is 16.1. The van der Waals surface area contributed by atoms with E-state index in [4.69, 9.17) is 0 Å². The first-order valence-electron chi connectivity index (χ1n) is 5.50. The van der Waals surface area contributed by atoms with Crippen LogP contribution in [0.2, 0.25) is 0 Å². The van der Waals surface area contributed by atoms with E-state index in [1.54, 1.807) is 6.08 Å². The van der Waals surface area contributed by atoms with Gasteiger partial charge >= 0.3 is 0 Å². The number of hydrogen-bond acceptors (Lipinski definition) is 1. The maximum atomic E-state index is 11.9. The van der Waals surface area contributed by atoms with Crippen molar-refractivity contribution in [1.82, 2.24) is 0 Å². The highest BCUT2D eigenvalue weighted by molar-refractivity contribution is 5.95. The molecule has 0 aromatic heterocycles. The third-order valence-electron chi connectivity index (χ3n) is 3.89. The van der Waals surface area contributed by atoms with E-state index in [0.717, 1.165) is 32.1 Å². The van der Waals surface area contributed by atoms with Crippen LogP contribution in [0.5, 0.6) is 0 Å². The molecular formula is C13H18O. The van der Waals surface area contributed by atoms with Gasteiger partial charge in [-0.15, -0.1) is 0 Å². The first kappa shape index (κ1) is 9.70. The Balaban J connectivity index is 2.16. The van der Waals surface area contributed by atoms with Crippen molar-refractivity contribution in [1.29, 1.82) is 0 Å². The van der Waals surface area contributed by atoms with Crippen LogP contribution in [0.15, 0.2) is 24.3 Å². The first-order valence-corrected chi connectivity index (χ1v) is 5.50. The molecule has 0 unspecified atom stereocenters. The van der Waals surface area contributed by atoms with Crippen molar-refractivity contribution in [3.63, 3.8) is 0 Å². The van der Waals surface area contributed by atoms with Gasteiger partial charge in [0.2, 0.25) is 0 Å². The minimum Gasteiger partial charge on any atom is -0.294 e. The molecule has 1 nitrogen and oxygen atoms in total. The number of ketones is 1. The van der Waals surface area contributed by atoms with E-state index in [1.807, 2.05) is 6.08 Å². The lowest BCUT2D eigenvalue weighted by Gasteiger charge is -2.28. The smallest absolute Gasteiger partial charge is 0.161 e. The second-order valence-electron chi connectivity index (χ2n) is 4.87. The third-order valence-corrected chi connectivity index (χ3v) is 3.89. The van der Waals surface area contributed by atoms with E-state index in [1.165, 1.54) is 5.57 Å². The van der Waals surface area contributed by atoms with Crippen molar-refractivity contribution in [2.75, 3.05) is 0 Å². The number of rotatable bonds is 1. The molecule has 0 N–H and O–H groups in total. The summed E-state index contributed by atoms with van der Waals surface area (Å²) in [5.41, 5.74) is 1.25. The first-order chi connectivity index (χ1) is 6.64. The minimum absolute atomic E-state index is 0.00162. The third kappa shape index (κ3) is 1.45.